The summed E-state index contributed by atoms with van der Waals surface area (Å²) in [5.74, 6) is 1.92. The number of benzene rings is 2. The Hall–Kier alpha value is -0.700. The number of hydrogen-bond donors (Lipinski definition) is 0. The molecule has 0 unspecified atom stereocenters. The van der Waals surface area contributed by atoms with Gasteiger partial charge in [-0.25, -0.2) is 0 Å². The van der Waals surface area contributed by atoms with Gasteiger partial charge in [-0.05, 0) is 51.8 Å². The lowest BCUT2D eigenvalue weighted by Gasteiger charge is -2.08. The Morgan fingerprint density at radius 1 is 1.12 bits per heavy atom. The fourth-order valence-electron chi connectivity index (χ4n) is 1.37. The summed E-state index contributed by atoms with van der Waals surface area (Å²) < 4.78 is 6.59. The van der Waals surface area contributed by atoms with Gasteiger partial charge in [-0.15, -0.1) is 11.6 Å². The molecule has 88 valence electrons. The summed E-state index contributed by atoms with van der Waals surface area (Å²) in [6.45, 7) is 0. The van der Waals surface area contributed by atoms with Crippen LogP contribution in [-0.2, 0) is 5.88 Å². The predicted molar refractivity (Wildman–Crippen MR) is 75.2 cm³/mol. The van der Waals surface area contributed by atoms with Gasteiger partial charge in [-0.3, -0.25) is 0 Å². The molecule has 1 nitrogen and oxygen atoms in total. The molecule has 0 fully saturated rings. The molecule has 4 heteroatoms. The molecule has 0 aromatic heterocycles. The lowest BCUT2D eigenvalue weighted by atomic mass is 10.2. The Labute approximate surface area is 118 Å². The van der Waals surface area contributed by atoms with Gasteiger partial charge in [0.15, 0.2) is 0 Å². The molecule has 2 rings (SSSR count). The molecule has 0 N–H and O–H groups in total. The summed E-state index contributed by atoms with van der Waals surface area (Å²) in [5, 5.41) is 0.649. The fraction of sp³-hybridized carbons (Fsp3) is 0.0769. The van der Waals surface area contributed by atoms with Gasteiger partial charge in [0.1, 0.15) is 11.5 Å². The fourth-order valence-corrected chi connectivity index (χ4v) is 2.22. The number of halogens is 3. The second kappa shape index (κ2) is 5.76. The van der Waals surface area contributed by atoms with Gasteiger partial charge >= 0.3 is 0 Å². The Morgan fingerprint density at radius 2 is 1.94 bits per heavy atom. The molecule has 0 amide bonds. The molecule has 0 saturated carbocycles. The van der Waals surface area contributed by atoms with E-state index in [1.807, 2.05) is 30.3 Å². The van der Waals surface area contributed by atoms with Crippen molar-refractivity contribution in [3.63, 3.8) is 0 Å². The molecule has 2 aromatic rings. The van der Waals surface area contributed by atoms with Crippen molar-refractivity contribution in [1.29, 1.82) is 0 Å². The van der Waals surface area contributed by atoms with Crippen molar-refractivity contribution in [1.82, 2.24) is 0 Å². The molecule has 0 aliphatic carbocycles. The zero-order valence-corrected chi connectivity index (χ0v) is 11.9. The molecule has 0 saturated heterocycles. The maximum absolute atomic E-state index is 5.89. The van der Waals surface area contributed by atoms with Crippen molar-refractivity contribution in [2.45, 2.75) is 5.88 Å². The first-order valence-electron chi connectivity index (χ1n) is 4.97. The largest absolute Gasteiger partial charge is 0.456 e. The van der Waals surface area contributed by atoms with E-state index in [1.54, 1.807) is 12.1 Å². The molecule has 0 radical (unpaired) electrons. The van der Waals surface area contributed by atoms with Gasteiger partial charge < -0.3 is 4.74 Å². The van der Waals surface area contributed by atoms with Crippen molar-refractivity contribution in [3.05, 3.63) is 57.5 Å². The van der Waals surface area contributed by atoms with E-state index >= 15 is 0 Å². The molecular formula is C13H9BrCl2O. The van der Waals surface area contributed by atoms with Crippen LogP contribution >= 0.6 is 39.1 Å². The van der Waals surface area contributed by atoms with Crippen molar-refractivity contribution in [3.8, 4) is 11.5 Å². The minimum atomic E-state index is 0.482. The third kappa shape index (κ3) is 3.38. The monoisotopic (exact) mass is 330 g/mol. The van der Waals surface area contributed by atoms with Crippen LogP contribution < -0.4 is 4.74 Å². The van der Waals surface area contributed by atoms with Crippen LogP contribution in [0.3, 0.4) is 0 Å². The summed E-state index contributed by atoms with van der Waals surface area (Å²) in [7, 11) is 0. The van der Waals surface area contributed by atoms with E-state index in [-0.39, 0.29) is 0 Å². The zero-order chi connectivity index (χ0) is 12.3. The minimum Gasteiger partial charge on any atom is -0.456 e. The molecule has 0 aliphatic heterocycles. The van der Waals surface area contributed by atoms with Crippen LogP contribution in [0.15, 0.2) is 46.9 Å². The van der Waals surface area contributed by atoms with Gasteiger partial charge in [0, 0.05) is 10.9 Å². The van der Waals surface area contributed by atoms with Crippen molar-refractivity contribution in [2.75, 3.05) is 0 Å². The molecular weight excluding hydrogens is 323 g/mol. The lowest BCUT2D eigenvalue weighted by Crippen LogP contribution is -1.87. The van der Waals surface area contributed by atoms with Crippen molar-refractivity contribution in [2.24, 2.45) is 0 Å². The van der Waals surface area contributed by atoms with Crippen LogP contribution in [0.1, 0.15) is 5.56 Å². The van der Waals surface area contributed by atoms with E-state index in [9.17, 15) is 0 Å². The molecule has 0 heterocycles. The Morgan fingerprint density at radius 3 is 2.59 bits per heavy atom. The highest BCUT2D eigenvalue weighted by molar-refractivity contribution is 9.10. The van der Waals surface area contributed by atoms with Crippen molar-refractivity contribution >= 4 is 39.1 Å². The first kappa shape index (κ1) is 12.7. The van der Waals surface area contributed by atoms with E-state index in [4.69, 9.17) is 27.9 Å². The summed E-state index contributed by atoms with van der Waals surface area (Å²) in [6, 6.07) is 13.0. The van der Waals surface area contributed by atoms with Gasteiger partial charge in [-0.2, -0.15) is 0 Å². The number of ether oxygens (including phenoxy) is 1. The van der Waals surface area contributed by atoms with Crippen LogP contribution in [0, 0.1) is 0 Å². The van der Waals surface area contributed by atoms with Gasteiger partial charge in [0.2, 0.25) is 0 Å². The van der Waals surface area contributed by atoms with Gasteiger partial charge in [0.05, 0.1) is 4.47 Å². The van der Waals surface area contributed by atoms with Crippen LogP contribution in [0.4, 0.5) is 0 Å². The summed E-state index contributed by atoms with van der Waals surface area (Å²) in [4.78, 5) is 0. The van der Waals surface area contributed by atoms with E-state index < -0.39 is 0 Å². The Bertz CT molecular complexity index is 529. The van der Waals surface area contributed by atoms with Gasteiger partial charge in [0.25, 0.3) is 0 Å². The van der Waals surface area contributed by atoms with E-state index in [0.717, 1.165) is 15.8 Å². The lowest BCUT2D eigenvalue weighted by molar-refractivity contribution is 0.479. The molecule has 0 bridgehead atoms. The van der Waals surface area contributed by atoms with Gasteiger partial charge in [-0.1, -0.05) is 23.7 Å². The first-order valence-corrected chi connectivity index (χ1v) is 6.67. The highest BCUT2D eigenvalue weighted by Crippen LogP contribution is 2.31. The predicted octanol–water partition coefficient (Wildman–Crippen LogP) is 5.63. The highest BCUT2D eigenvalue weighted by Gasteiger charge is 2.04. The van der Waals surface area contributed by atoms with E-state index in [2.05, 4.69) is 15.9 Å². The Balaban J connectivity index is 2.24. The minimum absolute atomic E-state index is 0.482. The maximum Gasteiger partial charge on any atom is 0.141 e. The first-order chi connectivity index (χ1) is 8.19. The summed E-state index contributed by atoms with van der Waals surface area (Å²) in [5.41, 5.74) is 1.04. The van der Waals surface area contributed by atoms with E-state index in [0.29, 0.717) is 16.7 Å². The number of rotatable bonds is 3. The quantitative estimate of drug-likeness (QED) is 0.662. The molecule has 0 aliphatic rings. The second-order valence-electron chi connectivity index (χ2n) is 3.46. The number of alkyl halides is 1. The van der Waals surface area contributed by atoms with Crippen LogP contribution in [0.5, 0.6) is 11.5 Å². The molecule has 0 spiro atoms. The summed E-state index contributed by atoms with van der Waals surface area (Å²) in [6.07, 6.45) is 0. The third-order valence-electron chi connectivity index (χ3n) is 2.17. The maximum atomic E-state index is 5.89. The molecule has 17 heavy (non-hydrogen) atoms. The van der Waals surface area contributed by atoms with E-state index in [1.165, 1.54) is 0 Å². The SMILES string of the molecule is ClCc1ccc(Oc2cccc(Cl)c2)c(Br)c1. The normalized spacial score (nSPS) is 10.3. The zero-order valence-electron chi connectivity index (χ0n) is 8.79. The Kier molecular flexibility index (Phi) is 4.32. The average Bonchev–Trinajstić information content (AvgIpc) is 2.32. The number of hydrogen-bond acceptors (Lipinski definition) is 1. The van der Waals surface area contributed by atoms with Crippen LogP contribution in [0.25, 0.3) is 0 Å². The standard InChI is InChI=1S/C13H9BrCl2O/c14-12-6-9(8-15)4-5-13(12)17-11-3-1-2-10(16)7-11/h1-7H,8H2. The summed E-state index contributed by atoms with van der Waals surface area (Å²) >= 11 is 15.1. The molecule has 2 aromatic carbocycles. The highest BCUT2D eigenvalue weighted by atomic mass is 79.9. The smallest absolute Gasteiger partial charge is 0.141 e. The van der Waals surface area contributed by atoms with Crippen molar-refractivity contribution < 1.29 is 4.74 Å². The average molecular weight is 332 g/mol. The van der Waals surface area contributed by atoms with Crippen LogP contribution in [-0.4, -0.2) is 0 Å². The third-order valence-corrected chi connectivity index (χ3v) is 3.34. The topological polar surface area (TPSA) is 9.23 Å². The molecule has 0 atom stereocenters. The van der Waals surface area contributed by atoms with Crippen LogP contribution in [0.2, 0.25) is 5.02 Å². The second-order valence-corrected chi connectivity index (χ2v) is 5.02.